The number of nitrogens with zero attached hydrogens (tertiary/aromatic N) is 2. The number of rotatable bonds is 6. The van der Waals surface area contributed by atoms with E-state index in [-0.39, 0.29) is 6.10 Å². The molecule has 0 radical (unpaired) electrons. The maximum Gasteiger partial charge on any atom is 0.148 e. The molecule has 5 heteroatoms. The minimum absolute atomic E-state index is 0.0878. The lowest BCUT2D eigenvalue weighted by Gasteiger charge is -2.11. The first kappa shape index (κ1) is 18.9. The van der Waals surface area contributed by atoms with Gasteiger partial charge in [0, 0.05) is 11.1 Å². The van der Waals surface area contributed by atoms with Gasteiger partial charge in [0.25, 0.3) is 0 Å². The Morgan fingerprint density at radius 1 is 1.04 bits per heavy atom. The third-order valence-electron chi connectivity index (χ3n) is 4.20. The van der Waals surface area contributed by atoms with Gasteiger partial charge >= 0.3 is 0 Å². The molecule has 26 heavy (non-hydrogen) atoms. The number of hydrogen-bond acceptors (Lipinski definition) is 4. The number of aromatic nitrogens is 2. The highest BCUT2D eigenvalue weighted by atomic mass is 35.5. The first-order valence-corrected chi connectivity index (χ1v) is 10.1. The lowest BCUT2D eigenvalue weighted by molar-refractivity contribution is 0.242. The SMILES string of the molecule is CCc1cccc(-c2nnc(-c3ccc(OC(C)C)c(Cl)c3)s2)c1CC. The Kier molecular flexibility index (Phi) is 5.94. The summed E-state index contributed by atoms with van der Waals surface area (Å²) in [6.45, 7) is 8.34. The summed E-state index contributed by atoms with van der Waals surface area (Å²) in [5.41, 5.74) is 4.87. The minimum Gasteiger partial charge on any atom is -0.489 e. The largest absolute Gasteiger partial charge is 0.489 e. The molecular formula is C21H23ClN2OS. The quantitative estimate of drug-likeness (QED) is 0.489. The number of halogens is 1. The van der Waals surface area contributed by atoms with E-state index in [2.05, 4.69) is 42.2 Å². The van der Waals surface area contributed by atoms with Gasteiger partial charge in [0.1, 0.15) is 15.8 Å². The molecule has 136 valence electrons. The van der Waals surface area contributed by atoms with Crippen molar-refractivity contribution in [3.63, 3.8) is 0 Å². The molecule has 0 N–H and O–H groups in total. The van der Waals surface area contributed by atoms with Crippen molar-refractivity contribution in [3.8, 4) is 26.9 Å². The summed E-state index contributed by atoms with van der Waals surface area (Å²) in [5.74, 6) is 0.694. The van der Waals surface area contributed by atoms with Crippen LogP contribution in [-0.4, -0.2) is 16.3 Å². The fourth-order valence-corrected chi connectivity index (χ4v) is 4.13. The summed E-state index contributed by atoms with van der Waals surface area (Å²) < 4.78 is 5.70. The average molecular weight is 387 g/mol. The third-order valence-corrected chi connectivity index (χ3v) is 5.51. The summed E-state index contributed by atoms with van der Waals surface area (Å²) in [6.07, 6.45) is 2.10. The predicted octanol–water partition coefficient (Wildman–Crippen LogP) is 6.44. The molecular weight excluding hydrogens is 364 g/mol. The summed E-state index contributed by atoms with van der Waals surface area (Å²) in [7, 11) is 0. The van der Waals surface area contributed by atoms with Gasteiger partial charge in [-0.05, 0) is 56.0 Å². The fraction of sp³-hybridized carbons (Fsp3) is 0.333. The van der Waals surface area contributed by atoms with Crippen LogP contribution < -0.4 is 4.74 Å². The van der Waals surface area contributed by atoms with E-state index in [1.807, 2.05) is 32.0 Å². The van der Waals surface area contributed by atoms with E-state index in [4.69, 9.17) is 16.3 Å². The molecule has 0 amide bonds. The molecule has 0 atom stereocenters. The average Bonchev–Trinajstić information content (AvgIpc) is 3.12. The molecule has 1 aromatic heterocycles. The smallest absolute Gasteiger partial charge is 0.148 e. The van der Waals surface area contributed by atoms with Crippen LogP contribution in [0.1, 0.15) is 38.8 Å². The zero-order valence-electron chi connectivity index (χ0n) is 15.5. The van der Waals surface area contributed by atoms with Crippen molar-refractivity contribution in [2.75, 3.05) is 0 Å². The van der Waals surface area contributed by atoms with E-state index in [0.29, 0.717) is 10.8 Å². The Balaban J connectivity index is 1.95. The molecule has 0 aliphatic heterocycles. The van der Waals surface area contributed by atoms with Crippen molar-refractivity contribution in [3.05, 3.63) is 52.5 Å². The van der Waals surface area contributed by atoms with E-state index in [9.17, 15) is 0 Å². The Morgan fingerprint density at radius 3 is 2.46 bits per heavy atom. The highest BCUT2D eigenvalue weighted by Gasteiger charge is 2.14. The third kappa shape index (κ3) is 3.92. The summed E-state index contributed by atoms with van der Waals surface area (Å²) in [4.78, 5) is 0. The first-order chi connectivity index (χ1) is 12.5. The second-order valence-corrected chi connectivity index (χ2v) is 7.76. The van der Waals surface area contributed by atoms with Gasteiger partial charge in [0.15, 0.2) is 0 Å². The molecule has 0 saturated carbocycles. The van der Waals surface area contributed by atoms with Crippen molar-refractivity contribution in [1.82, 2.24) is 10.2 Å². The van der Waals surface area contributed by atoms with Gasteiger partial charge in [0.2, 0.25) is 0 Å². The summed E-state index contributed by atoms with van der Waals surface area (Å²) >= 11 is 7.96. The number of hydrogen-bond donors (Lipinski definition) is 0. The lowest BCUT2D eigenvalue weighted by Crippen LogP contribution is -2.05. The molecule has 0 saturated heterocycles. The molecule has 0 aliphatic rings. The standard InChI is InChI=1S/C21H23ClN2OS/c1-5-14-8-7-9-17(16(14)6-2)21-24-23-20(26-21)15-10-11-19(18(22)12-15)25-13(3)4/h7-13H,5-6H2,1-4H3. The second-order valence-electron chi connectivity index (χ2n) is 6.37. The normalized spacial score (nSPS) is 11.2. The van der Waals surface area contributed by atoms with Crippen LogP contribution in [0.15, 0.2) is 36.4 Å². The molecule has 3 rings (SSSR count). The maximum absolute atomic E-state index is 6.37. The van der Waals surface area contributed by atoms with Crippen LogP contribution in [0.3, 0.4) is 0 Å². The van der Waals surface area contributed by atoms with Crippen LogP contribution in [0.5, 0.6) is 5.75 Å². The van der Waals surface area contributed by atoms with Crippen LogP contribution in [0.2, 0.25) is 5.02 Å². The van der Waals surface area contributed by atoms with Crippen LogP contribution in [0.4, 0.5) is 0 Å². The molecule has 0 aliphatic carbocycles. The van der Waals surface area contributed by atoms with E-state index in [1.165, 1.54) is 16.7 Å². The van der Waals surface area contributed by atoms with E-state index >= 15 is 0 Å². The van der Waals surface area contributed by atoms with Crippen LogP contribution in [0.25, 0.3) is 21.1 Å². The van der Waals surface area contributed by atoms with Crippen molar-refractivity contribution >= 4 is 22.9 Å². The monoisotopic (exact) mass is 386 g/mol. The van der Waals surface area contributed by atoms with Gasteiger partial charge in [-0.3, -0.25) is 0 Å². The van der Waals surface area contributed by atoms with Crippen LogP contribution >= 0.6 is 22.9 Å². The Bertz CT molecular complexity index is 905. The minimum atomic E-state index is 0.0878. The maximum atomic E-state index is 6.37. The Morgan fingerprint density at radius 2 is 1.81 bits per heavy atom. The van der Waals surface area contributed by atoms with Gasteiger partial charge in [-0.2, -0.15) is 0 Å². The summed E-state index contributed by atoms with van der Waals surface area (Å²) in [5, 5.41) is 11.2. The van der Waals surface area contributed by atoms with Gasteiger partial charge in [-0.1, -0.05) is 55.0 Å². The molecule has 2 aromatic carbocycles. The lowest BCUT2D eigenvalue weighted by atomic mass is 9.97. The Labute approximate surface area is 164 Å². The van der Waals surface area contributed by atoms with Gasteiger partial charge in [0.05, 0.1) is 11.1 Å². The molecule has 3 aromatic rings. The number of benzene rings is 2. The fourth-order valence-electron chi connectivity index (χ4n) is 3.02. The van der Waals surface area contributed by atoms with Gasteiger partial charge < -0.3 is 4.74 Å². The van der Waals surface area contributed by atoms with Crippen molar-refractivity contribution in [2.24, 2.45) is 0 Å². The molecule has 3 nitrogen and oxygen atoms in total. The second kappa shape index (κ2) is 8.19. The van der Waals surface area contributed by atoms with E-state index < -0.39 is 0 Å². The molecule has 0 spiro atoms. The molecule has 0 unspecified atom stereocenters. The van der Waals surface area contributed by atoms with Crippen molar-refractivity contribution in [1.29, 1.82) is 0 Å². The first-order valence-electron chi connectivity index (χ1n) is 8.94. The van der Waals surface area contributed by atoms with E-state index in [1.54, 1.807) is 11.3 Å². The molecule has 1 heterocycles. The summed E-state index contributed by atoms with van der Waals surface area (Å²) in [6, 6.07) is 12.2. The van der Waals surface area contributed by atoms with Crippen molar-refractivity contribution in [2.45, 2.75) is 46.6 Å². The van der Waals surface area contributed by atoms with Crippen molar-refractivity contribution < 1.29 is 4.74 Å². The molecule has 0 fully saturated rings. The van der Waals surface area contributed by atoms with Crippen LogP contribution in [0, 0.1) is 0 Å². The van der Waals surface area contributed by atoms with Gasteiger partial charge in [-0.25, -0.2) is 0 Å². The van der Waals surface area contributed by atoms with Gasteiger partial charge in [-0.15, -0.1) is 10.2 Å². The number of ether oxygens (including phenoxy) is 1. The Hall–Kier alpha value is -1.91. The van der Waals surface area contributed by atoms with E-state index in [0.717, 1.165) is 28.4 Å². The molecule has 0 bridgehead atoms. The topological polar surface area (TPSA) is 35.0 Å². The highest BCUT2D eigenvalue weighted by molar-refractivity contribution is 7.17. The zero-order valence-corrected chi connectivity index (χ0v) is 17.1. The predicted molar refractivity (Wildman–Crippen MR) is 110 cm³/mol. The zero-order chi connectivity index (χ0) is 18.7. The number of aryl methyl sites for hydroxylation is 1. The van der Waals surface area contributed by atoms with Crippen LogP contribution in [-0.2, 0) is 12.8 Å². The highest BCUT2D eigenvalue weighted by Crippen LogP contribution is 2.36.